The van der Waals surface area contributed by atoms with Gasteiger partial charge in [-0.3, -0.25) is 0 Å². The number of hydrogen-bond donors (Lipinski definition) is 2. The van der Waals surface area contributed by atoms with Gasteiger partial charge in [0.2, 0.25) is 0 Å². The Balaban J connectivity index is 3.91. The van der Waals surface area contributed by atoms with Crippen LogP contribution >= 0.6 is 11.8 Å². The maximum atomic E-state index is 9.54. The molecule has 0 bridgehead atoms. The maximum Gasteiger partial charge on any atom is 0.0613 e. The van der Waals surface area contributed by atoms with E-state index < -0.39 is 0 Å². The SMILES string of the molecule is CCCNC(CC)(CO)CCCSC(C)C. The van der Waals surface area contributed by atoms with E-state index in [0.29, 0.717) is 5.25 Å². The van der Waals surface area contributed by atoms with Gasteiger partial charge in [0.1, 0.15) is 0 Å². The van der Waals surface area contributed by atoms with E-state index in [-0.39, 0.29) is 12.1 Å². The molecule has 0 radical (unpaired) electrons. The molecule has 2 nitrogen and oxygen atoms in total. The molecule has 0 aliphatic rings. The first-order valence-corrected chi connectivity index (χ1v) is 7.62. The molecule has 0 heterocycles. The normalized spacial score (nSPS) is 15.4. The summed E-state index contributed by atoms with van der Waals surface area (Å²) in [5.41, 5.74) is -0.0342. The lowest BCUT2D eigenvalue weighted by atomic mass is 9.91. The second kappa shape index (κ2) is 9.32. The van der Waals surface area contributed by atoms with Crippen LogP contribution in [0.3, 0.4) is 0 Å². The van der Waals surface area contributed by atoms with Crippen molar-refractivity contribution in [1.29, 1.82) is 0 Å². The van der Waals surface area contributed by atoms with Crippen molar-refractivity contribution in [3.05, 3.63) is 0 Å². The monoisotopic (exact) mass is 247 g/mol. The summed E-state index contributed by atoms with van der Waals surface area (Å²) in [6.45, 7) is 10.1. The Morgan fingerprint density at radius 2 is 2.00 bits per heavy atom. The zero-order valence-electron chi connectivity index (χ0n) is 11.4. The molecule has 98 valence electrons. The Morgan fingerprint density at radius 3 is 2.44 bits per heavy atom. The molecule has 1 atom stereocenters. The largest absolute Gasteiger partial charge is 0.394 e. The highest BCUT2D eigenvalue weighted by atomic mass is 32.2. The summed E-state index contributed by atoms with van der Waals surface area (Å²) in [5, 5.41) is 13.8. The molecular weight excluding hydrogens is 218 g/mol. The highest BCUT2D eigenvalue weighted by Crippen LogP contribution is 2.20. The van der Waals surface area contributed by atoms with Crippen LogP contribution in [0, 0.1) is 0 Å². The first kappa shape index (κ1) is 16.3. The van der Waals surface area contributed by atoms with E-state index in [2.05, 4.69) is 33.0 Å². The summed E-state index contributed by atoms with van der Waals surface area (Å²) in [6, 6.07) is 0. The number of nitrogens with one attached hydrogen (secondary N) is 1. The summed E-state index contributed by atoms with van der Waals surface area (Å²) >= 11 is 2.01. The first-order valence-electron chi connectivity index (χ1n) is 6.57. The molecule has 0 aromatic heterocycles. The lowest BCUT2D eigenvalue weighted by molar-refractivity contribution is 0.146. The third kappa shape index (κ3) is 6.77. The van der Waals surface area contributed by atoms with Gasteiger partial charge in [-0.2, -0.15) is 11.8 Å². The molecule has 0 spiro atoms. The molecule has 0 aliphatic heterocycles. The van der Waals surface area contributed by atoms with Gasteiger partial charge >= 0.3 is 0 Å². The third-order valence-corrected chi connectivity index (χ3v) is 4.17. The Bertz CT molecular complexity index is 158. The van der Waals surface area contributed by atoms with Crippen LogP contribution < -0.4 is 5.32 Å². The minimum absolute atomic E-state index is 0.0342. The van der Waals surface area contributed by atoms with Gasteiger partial charge in [0.05, 0.1) is 6.61 Å². The minimum atomic E-state index is -0.0342. The van der Waals surface area contributed by atoms with E-state index >= 15 is 0 Å². The van der Waals surface area contributed by atoms with Crippen LogP contribution in [0.1, 0.15) is 53.4 Å². The fourth-order valence-corrected chi connectivity index (χ4v) is 2.54. The summed E-state index contributed by atoms with van der Waals surface area (Å²) in [5.74, 6) is 1.20. The van der Waals surface area contributed by atoms with Crippen molar-refractivity contribution in [2.24, 2.45) is 0 Å². The molecule has 0 aromatic rings. The second-order valence-corrected chi connectivity index (χ2v) is 6.43. The number of rotatable bonds is 10. The Labute approximate surface area is 106 Å². The first-order chi connectivity index (χ1) is 7.60. The van der Waals surface area contributed by atoms with Crippen molar-refractivity contribution in [3.8, 4) is 0 Å². The third-order valence-electron chi connectivity index (χ3n) is 2.98. The topological polar surface area (TPSA) is 32.3 Å². The quantitative estimate of drug-likeness (QED) is 0.582. The maximum absolute atomic E-state index is 9.54. The van der Waals surface area contributed by atoms with Crippen LogP contribution in [-0.2, 0) is 0 Å². The van der Waals surface area contributed by atoms with E-state index in [1.54, 1.807) is 0 Å². The van der Waals surface area contributed by atoms with E-state index in [1.807, 2.05) is 11.8 Å². The standard InChI is InChI=1S/C13H29NOS/c1-5-9-14-13(6-2,11-15)8-7-10-16-12(3)4/h12,14-15H,5-11H2,1-4H3. The van der Waals surface area contributed by atoms with E-state index in [1.165, 1.54) is 12.2 Å². The van der Waals surface area contributed by atoms with Gasteiger partial charge in [-0.25, -0.2) is 0 Å². The van der Waals surface area contributed by atoms with Crippen LogP contribution in [0.15, 0.2) is 0 Å². The van der Waals surface area contributed by atoms with Gasteiger partial charge in [0.15, 0.2) is 0 Å². The molecule has 2 N–H and O–H groups in total. The number of thioether (sulfide) groups is 1. The number of hydrogen-bond acceptors (Lipinski definition) is 3. The van der Waals surface area contributed by atoms with Crippen LogP contribution in [0.4, 0.5) is 0 Å². The molecule has 1 unspecified atom stereocenters. The Kier molecular flexibility index (Phi) is 9.47. The van der Waals surface area contributed by atoms with Gasteiger partial charge in [-0.1, -0.05) is 27.7 Å². The number of aliphatic hydroxyl groups is 1. The lowest BCUT2D eigenvalue weighted by Gasteiger charge is -2.32. The van der Waals surface area contributed by atoms with Crippen LogP contribution in [0.5, 0.6) is 0 Å². The molecule has 0 fully saturated rings. The highest BCUT2D eigenvalue weighted by Gasteiger charge is 2.25. The smallest absolute Gasteiger partial charge is 0.0613 e. The summed E-state index contributed by atoms with van der Waals surface area (Å²) < 4.78 is 0. The molecule has 0 saturated carbocycles. The zero-order valence-corrected chi connectivity index (χ0v) is 12.2. The molecule has 16 heavy (non-hydrogen) atoms. The summed E-state index contributed by atoms with van der Waals surface area (Å²) in [6.07, 6.45) is 4.41. The predicted molar refractivity (Wildman–Crippen MR) is 75.2 cm³/mol. The summed E-state index contributed by atoms with van der Waals surface area (Å²) in [7, 11) is 0. The number of aliphatic hydroxyl groups excluding tert-OH is 1. The minimum Gasteiger partial charge on any atom is -0.394 e. The van der Waals surface area contributed by atoms with Crippen molar-refractivity contribution >= 4 is 11.8 Å². The van der Waals surface area contributed by atoms with Gasteiger partial charge in [0, 0.05) is 5.54 Å². The van der Waals surface area contributed by atoms with E-state index in [0.717, 1.165) is 25.8 Å². The predicted octanol–water partition coefficient (Wildman–Crippen LogP) is 3.05. The van der Waals surface area contributed by atoms with Gasteiger partial charge in [-0.15, -0.1) is 0 Å². The average molecular weight is 247 g/mol. The van der Waals surface area contributed by atoms with Crippen LogP contribution in [-0.4, -0.2) is 34.8 Å². The van der Waals surface area contributed by atoms with Crippen molar-refractivity contribution in [1.82, 2.24) is 5.32 Å². The molecule has 0 aromatic carbocycles. The van der Waals surface area contributed by atoms with E-state index in [4.69, 9.17) is 0 Å². The highest BCUT2D eigenvalue weighted by molar-refractivity contribution is 7.99. The van der Waals surface area contributed by atoms with Gasteiger partial charge in [0.25, 0.3) is 0 Å². The van der Waals surface area contributed by atoms with Crippen molar-refractivity contribution < 1.29 is 5.11 Å². The van der Waals surface area contributed by atoms with Crippen LogP contribution in [0.25, 0.3) is 0 Å². The zero-order chi connectivity index (χ0) is 12.4. The fraction of sp³-hybridized carbons (Fsp3) is 1.00. The fourth-order valence-electron chi connectivity index (χ4n) is 1.76. The molecular formula is C13H29NOS. The lowest BCUT2D eigenvalue weighted by Crippen LogP contribution is -2.48. The van der Waals surface area contributed by atoms with Gasteiger partial charge < -0.3 is 10.4 Å². The van der Waals surface area contributed by atoms with Crippen molar-refractivity contribution in [2.45, 2.75) is 64.2 Å². The molecule has 3 heteroatoms. The van der Waals surface area contributed by atoms with Gasteiger partial charge in [-0.05, 0) is 43.2 Å². The van der Waals surface area contributed by atoms with E-state index in [9.17, 15) is 5.11 Å². The molecule has 0 rings (SSSR count). The molecule has 0 aliphatic carbocycles. The van der Waals surface area contributed by atoms with Crippen molar-refractivity contribution in [2.75, 3.05) is 18.9 Å². The van der Waals surface area contributed by atoms with Crippen LogP contribution in [0.2, 0.25) is 0 Å². The molecule has 0 amide bonds. The Hall–Kier alpha value is 0.270. The Morgan fingerprint density at radius 1 is 1.31 bits per heavy atom. The summed E-state index contributed by atoms with van der Waals surface area (Å²) in [4.78, 5) is 0. The van der Waals surface area contributed by atoms with Crippen molar-refractivity contribution in [3.63, 3.8) is 0 Å². The second-order valence-electron chi connectivity index (χ2n) is 4.74. The molecule has 0 saturated heterocycles. The average Bonchev–Trinajstić information content (AvgIpc) is 2.29.